The Morgan fingerprint density at radius 3 is 2.16 bits per heavy atom. The molecule has 0 aromatic heterocycles. The molecule has 0 spiro atoms. The molecule has 2 heterocycles. The number of hydrogen-bond donors (Lipinski definition) is 5. The van der Waals surface area contributed by atoms with Gasteiger partial charge < -0.3 is 58.7 Å². The highest BCUT2D eigenvalue weighted by molar-refractivity contribution is 5.87. The van der Waals surface area contributed by atoms with E-state index >= 15 is 0 Å². The van der Waals surface area contributed by atoms with Crippen LogP contribution in [0.15, 0.2) is 60.7 Å². The normalized spacial score (nSPS) is 24.8. The van der Waals surface area contributed by atoms with Crippen LogP contribution in [-0.2, 0) is 36.6 Å². The van der Waals surface area contributed by atoms with Gasteiger partial charge >= 0.3 is 11.9 Å². The smallest absolute Gasteiger partial charge is 0.331 e. The number of rotatable bonds is 13. The van der Waals surface area contributed by atoms with Gasteiger partial charge in [-0.15, -0.1) is 0 Å². The van der Waals surface area contributed by atoms with E-state index in [2.05, 4.69) is 0 Å². The number of aliphatic hydroxyl groups is 3. The lowest BCUT2D eigenvalue weighted by Gasteiger charge is -2.41. The average Bonchev–Trinajstić information content (AvgIpc) is 3.46. The van der Waals surface area contributed by atoms with Crippen molar-refractivity contribution in [2.24, 2.45) is 11.8 Å². The molecular formula is C36H40O14. The van der Waals surface area contributed by atoms with E-state index in [-0.39, 0.29) is 41.5 Å². The summed E-state index contributed by atoms with van der Waals surface area (Å²) in [5.41, 5.74) is 2.09. The summed E-state index contributed by atoms with van der Waals surface area (Å²) in [4.78, 5) is 25.4. The summed E-state index contributed by atoms with van der Waals surface area (Å²) in [5.74, 6) is -0.920. The van der Waals surface area contributed by atoms with Crippen LogP contribution in [0.2, 0.25) is 0 Å². The van der Waals surface area contributed by atoms with Gasteiger partial charge in [0.05, 0.1) is 40.5 Å². The van der Waals surface area contributed by atoms with Crippen molar-refractivity contribution in [2.45, 2.75) is 43.5 Å². The minimum absolute atomic E-state index is 0.0992. The maximum absolute atomic E-state index is 12.8. The van der Waals surface area contributed by atoms with E-state index < -0.39 is 49.2 Å². The molecule has 268 valence electrons. The molecule has 0 aliphatic carbocycles. The van der Waals surface area contributed by atoms with Crippen LogP contribution in [0.5, 0.6) is 34.5 Å². The summed E-state index contributed by atoms with van der Waals surface area (Å²) < 4.78 is 38.6. The van der Waals surface area contributed by atoms with Crippen LogP contribution >= 0.6 is 0 Å². The lowest BCUT2D eigenvalue weighted by atomic mass is 9.85. The maximum atomic E-state index is 12.8. The Morgan fingerprint density at radius 1 is 0.840 bits per heavy atom. The first-order valence-electron chi connectivity index (χ1n) is 15.8. The van der Waals surface area contributed by atoms with Crippen molar-refractivity contribution < 1.29 is 68.3 Å². The molecule has 2 fully saturated rings. The Labute approximate surface area is 288 Å². The van der Waals surface area contributed by atoms with E-state index in [9.17, 15) is 35.1 Å². The number of aromatic hydroxyl groups is 2. The highest BCUT2D eigenvalue weighted by Crippen LogP contribution is 2.36. The van der Waals surface area contributed by atoms with Crippen molar-refractivity contribution in [1.82, 2.24) is 0 Å². The highest BCUT2D eigenvalue weighted by atomic mass is 16.7. The summed E-state index contributed by atoms with van der Waals surface area (Å²) in [6.07, 6.45) is -4.40. The topological polar surface area (TPSA) is 200 Å². The minimum Gasteiger partial charge on any atom is -0.504 e. The highest BCUT2D eigenvalue weighted by Gasteiger charge is 2.48. The Kier molecular flexibility index (Phi) is 11.7. The Balaban J connectivity index is 1.27. The van der Waals surface area contributed by atoms with E-state index in [1.165, 1.54) is 31.4 Å². The van der Waals surface area contributed by atoms with Crippen molar-refractivity contribution in [2.75, 3.05) is 34.5 Å². The lowest BCUT2D eigenvalue weighted by Crippen LogP contribution is -2.61. The largest absolute Gasteiger partial charge is 0.504 e. The quantitative estimate of drug-likeness (QED) is 0.0989. The van der Waals surface area contributed by atoms with Crippen molar-refractivity contribution in [3.05, 3.63) is 77.4 Å². The van der Waals surface area contributed by atoms with Crippen molar-refractivity contribution in [3.8, 4) is 34.5 Å². The fraction of sp³-hybridized carbons (Fsp3) is 0.389. The molecule has 0 amide bonds. The van der Waals surface area contributed by atoms with Crippen LogP contribution in [-0.4, -0.2) is 103 Å². The Bertz CT molecular complexity index is 1690. The molecule has 3 aromatic carbocycles. The van der Waals surface area contributed by atoms with Crippen LogP contribution in [0.4, 0.5) is 0 Å². The molecule has 0 unspecified atom stereocenters. The number of hydrogen-bond acceptors (Lipinski definition) is 14. The van der Waals surface area contributed by atoms with Crippen LogP contribution in [0.3, 0.4) is 0 Å². The van der Waals surface area contributed by atoms with E-state index in [4.69, 9.17) is 33.2 Å². The number of phenolic OH excluding ortho intramolecular Hbond substituents is 2. The number of aliphatic hydroxyl groups excluding tert-OH is 3. The van der Waals surface area contributed by atoms with Gasteiger partial charge in [-0.2, -0.15) is 0 Å². The Hall–Kier alpha value is -5.02. The molecule has 0 radical (unpaired) electrons. The molecule has 7 atom stereocenters. The van der Waals surface area contributed by atoms with Gasteiger partial charge in [-0.25, -0.2) is 4.79 Å². The fourth-order valence-electron chi connectivity index (χ4n) is 5.95. The molecule has 14 heteroatoms. The number of cyclic esters (lactones) is 1. The van der Waals surface area contributed by atoms with Gasteiger partial charge in [-0.3, -0.25) is 4.79 Å². The predicted octanol–water partition coefficient (Wildman–Crippen LogP) is 2.14. The second-order valence-electron chi connectivity index (χ2n) is 11.9. The second kappa shape index (κ2) is 16.1. The molecule has 2 aliphatic rings. The number of esters is 2. The summed E-state index contributed by atoms with van der Waals surface area (Å²) in [7, 11) is 4.54. The number of methoxy groups -OCH3 is 3. The molecule has 0 bridgehead atoms. The molecule has 2 saturated heterocycles. The number of phenols is 2. The lowest BCUT2D eigenvalue weighted by molar-refractivity contribution is -0.280. The number of carbonyl (C=O) groups excluding carboxylic acids is 2. The molecular weight excluding hydrogens is 656 g/mol. The Morgan fingerprint density at radius 2 is 1.50 bits per heavy atom. The zero-order valence-corrected chi connectivity index (χ0v) is 27.6. The monoisotopic (exact) mass is 696 g/mol. The molecule has 14 nitrogen and oxygen atoms in total. The fourth-order valence-corrected chi connectivity index (χ4v) is 5.95. The predicted molar refractivity (Wildman–Crippen MR) is 175 cm³/mol. The number of ether oxygens (including phenoxy) is 7. The number of benzene rings is 3. The van der Waals surface area contributed by atoms with Crippen LogP contribution in [0.25, 0.3) is 6.08 Å². The standard InChI is InChI=1S/C36H40O14/c1-44-26-9-5-20(15-28(26)45-2)12-22-18-47-35(43)23(22)13-21-6-10-27(29(16-21)46-3)48-36-33(42)34(32(41)30(17-37)49-36)50-31(40)11-7-19-4-8-24(38)25(39)14-19/h4-11,14-16,22-23,30,32-34,36-39,41-42H,12-13,17-18H2,1-3H3/t22-,23+,30+,32+,33+,34-,36+/m0/s1. The zero-order valence-electron chi connectivity index (χ0n) is 27.6. The maximum Gasteiger partial charge on any atom is 0.331 e. The number of carbonyl (C=O) groups is 2. The van der Waals surface area contributed by atoms with E-state index in [1.54, 1.807) is 32.4 Å². The first-order chi connectivity index (χ1) is 24.0. The summed E-state index contributed by atoms with van der Waals surface area (Å²) in [5, 5.41) is 50.8. The van der Waals surface area contributed by atoms with E-state index in [1.807, 2.05) is 18.2 Å². The van der Waals surface area contributed by atoms with Crippen molar-refractivity contribution in [1.29, 1.82) is 0 Å². The zero-order chi connectivity index (χ0) is 35.9. The molecule has 2 aliphatic heterocycles. The molecule has 5 rings (SSSR count). The average molecular weight is 697 g/mol. The van der Waals surface area contributed by atoms with Gasteiger partial charge in [0.2, 0.25) is 6.29 Å². The van der Waals surface area contributed by atoms with Gasteiger partial charge in [0.25, 0.3) is 0 Å². The third kappa shape index (κ3) is 8.22. The van der Waals surface area contributed by atoms with Gasteiger partial charge in [-0.1, -0.05) is 18.2 Å². The molecule has 3 aromatic rings. The van der Waals surface area contributed by atoms with Gasteiger partial charge in [0, 0.05) is 12.0 Å². The van der Waals surface area contributed by atoms with E-state index in [0.29, 0.717) is 29.9 Å². The third-order valence-electron chi connectivity index (χ3n) is 8.67. The minimum atomic E-state index is -1.70. The molecule has 5 N–H and O–H groups in total. The summed E-state index contributed by atoms with van der Waals surface area (Å²) in [6, 6.07) is 14.5. The van der Waals surface area contributed by atoms with E-state index in [0.717, 1.165) is 17.2 Å². The van der Waals surface area contributed by atoms with Crippen molar-refractivity contribution >= 4 is 18.0 Å². The van der Waals surface area contributed by atoms with Gasteiger partial charge in [-0.05, 0) is 72.0 Å². The van der Waals surface area contributed by atoms with Crippen molar-refractivity contribution in [3.63, 3.8) is 0 Å². The van der Waals surface area contributed by atoms with Crippen LogP contribution in [0, 0.1) is 11.8 Å². The second-order valence-corrected chi connectivity index (χ2v) is 11.9. The third-order valence-corrected chi connectivity index (χ3v) is 8.67. The molecule has 50 heavy (non-hydrogen) atoms. The first kappa shape index (κ1) is 36.3. The van der Waals surface area contributed by atoms with Gasteiger partial charge in [0.1, 0.15) is 12.2 Å². The SMILES string of the molecule is COc1ccc(C[C@H]2COC(=O)[C@@H]2Cc2ccc(O[C@@H]3O[C@H](CO)[C@@H](O)[C@H](OC(=O)C=Cc4ccc(O)c(O)c4)[C@H]3O)c(OC)c2)cc1OC. The van der Waals surface area contributed by atoms with Crippen LogP contribution in [0.1, 0.15) is 16.7 Å². The van der Waals surface area contributed by atoms with Gasteiger partial charge in [0.15, 0.2) is 46.7 Å². The summed E-state index contributed by atoms with van der Waals surface area (Å²) in [6.45, 7) is -0.407. The molecule has 0 saturated carbocycles. The summed E-state index contributed by atoms with van der Waals surface area (Å²) >= 11 is 0. The first-order valence-corrected chi connectivity index (χ1v) is 15.8. The van der Waals surface area contributed by atoms with Crippen LogP contribution < -0.4 is 18.9 Å².